The van der Waals surface area contributed by atoms with Crippen molar-refractivity contribution in [1.82, 2.24) is 4.57 Å². The molecule has 0 saturated heterocycles. The van der Waals surface area contributed by atoms with E-state index in [4.69, 9.17) is 4.74 Å². The first-order chi connectivity index (χ1) is 10.0. The van der Waals surface area contributed by atoms with E-state index in [1.807, 2.05) is 24.3 Å². The van der Waals surface area contributed by atoms with E-state index >= 15 is 0 Å². The van der Waals surface area contributed by atoms with Crippen LogP contribution in [0.15, 0.2) is 41.2 Å². The Balaban J connectivity index is 2.29. The van der Waals surface area contributed by atoms with Crippen LogP contribution in [0, 0.1) is 5.92 Å². The van der Waals surface area contributed by atoms with Gasteiger partial charge in [0.2, 0.25) is 0 Å². The lowest BCUT2D eigenvalue weighted by atomic mass is 10.1. The lowest BCUT2D eigenvalue weighted by Crippen LogP contribution is -2.21. The average molecular weight is 285 g/mol. The quantitative estimate of drug-likeness (QED) is 0.794. The highest BCUT2D eigenvalue weighted by molar-refractivity contribution is 5.75. The zero-order chi connectivity index (χ0) is 15.4. The van der Waals surface area contributed by atoms with Crippen molar-refractivity contribution < 1.29 is 9.53 Å². The zero-order valence-electron chi connectivity index (χ0n) is 12.5. The lowest BCUT2D eigenvalue weighted by molar-refractivity contribution is 0.112. The summed E-state index contributed by atoms with van der Waals surface area (Å²) < 4.78 is 7.11. The fourth-order valence-electron chi connectivity index (χ4n) is 2.02. The summed E-state index contributed by atoms with van der Waals surface area (Å²) in [7, 11) is 1.66. The SMILES string of the molecule is CC(C)COc1ccc(-c2ccc(C=O)c(=O)n2C)cc1. The molecule has 1 aromatic carbocycles. The minimum atomic E-state index is -0.289. The van der Waals surface area contributed by atoms with E-state index in [0.29, 0.717) is 18.8 Å². The van der Waals surface area contributed by atoms with Crippen LogP contribution in [-0.4, -0.2) is 17.5 Å². The third-order valence-electron chi connectivity index (χ3n) is 3.19. The van der Waals surface area contributed by atoms with E-state index in [9.17, 15) is 9.59 Å². The fraction of sp³-hybridized carbons (Fsp3) is 0.294. The molecule has 0 N–H and O–H groups in total. The van der Waals surface area contributed by atoms with Gasteiger partial charge in [0.25, 0.3) is 5.56 Å². The van der Waals surface area contributed by atoms with Crippen molar-refractivity contribution in [3.8, 4) is 17.0 Å². The molecular formula is C17H19NO3. The van der Waals surface area contributed by atoms with Gasteiger partial charge in [-0.3, -0.25) is 9.59 Å². The molecule has 0 fully saturated rings. The minimum absolute atomic E-state index is 0.165. The highest BCUT2D eigenvalue weighted by Gasteiger charge is 2.07. The van der Waals surface area contributed by atoms with Crippen LogP contribution in [0.1, 0.15) is 24.2 Å². The Bertz CT molecular complexity index is 684. The van der Waals surface area contributed by atoms with Gasteiger partial charge in [0.1, 0.15) is 5.75 Å². The molecule has 0 aliphatic heterocycles. The largest absolute Gasteiger partial charge is 0.493 e. The Morgan fingerprint density at radius 2 is 1.81 bits per heavy atom. The van der Waals surface area contributed by atoms with Gasteiger partial charge in [-0.05, 0) is 47.9 Å². The van der Waals surface area contributed by atoms with E-state index in [0.717, 1.165) is 17.0 Å². The standard InChI is InChI=1S/C17H19NO3/c1-12(2)11-21-15-7-4-13(5-8-15)16-9-6-14(10-19)17(20)18(16)3/h4-10,12H,11H2,1-3H3. The van der Waals surface area contributed by atoms with Crippen molar-refractivity contribution in [3.05, 3.63) is 52.3 Å². The zero-order valence-corrected chi connectivity index (χ0v) is 12.5. The molecule has 0 amide bonds. The molecule has 0 spiro atoms. The molecule has 4 heteroatoms. The molecule has 0 aliphatic carbocycles. The number of aromatic nitrogens is 1. The van der Waals surface area contributed by atoms with Crippen LogP contribution in [-0.2, 0) is 7.05 Å². The van der Waals surface area contributed by atoms with Crippen molar-refractivity contribution in [3.63, 3.8) is 0 Å². The van der Waals surface area contributed by atoms with Gasteiger partial charge in [0.05, 0.1) is 17.9 Å². The predicted molar refractivity (Wildman–Crippen MR) is 82.8 cm³/mol. The Morgan fingerprint density at radius 3 is 2.38 bits per heavy atom. The lowest BCUT2D eigenvalue weighted by Gasteiger charge is -2.11. The second-order valence-electron chi connectivity index (χ2n) is 5.39. The Kier molecular flexibility index (Phi) is 4.58. The van der Waals surface area contributed by atoms with Crippen LogP contribution in [0.5, 0.6) is 5.75 Å². The van der Waals surface area contributed by atoms with Crippen molar-refractivity contribution in [2.75, 3.05) is 6.61 Å². The summed E-state index contributed by atoms with van der Waals surface area (Å²) in [6.45, 7) is 4.86. The highest BCUT2D eigenvalue weighted by Crippen LogP contribution is 2.21. The monoisotopic (exact) mass is 285 g/mol. The molecule has 0 unspecified atom stereocenters. The van der Waals surface area contributed by atoms with Gasteiger partial charge in [0, 0.05) is 7.05 Å². The molecule has 110 valence electrons. The van der Waals surface area contributed by atoms with E-state index < -0.39 is 0 Å². The van der Waals surface area contributed by atoms with Crippen LogP contribution < -0.4 is 10.3 Å². The maximum atomic E-state index is 11.9. The van der Waals surface area contributed by atoms with Crippen molar-refractivity contribution >= 4 is 6.29 Å². The Morgan fingerprint density at radius 1 is 1.14 bits per heavy atom. The highest BCUT2D eigenvalue weighted by atomic mass is 16.5. The van der Waals surface area contributed by atoms with Gasteiger partial charge in [0.15, 0.2) is 6.29 Å². The molecule has 0 aliphatic rings. The molecule has 1 heterocycles. The smallest absolute Gasteiger partial charge is 0.261 e. The molecule has 1 aromatic heterocycles. The number of carbonyl (C=O) groups is 1. The summed E-state index contributed by atoms with van der Waals surface area (Å²) in [4.78, 5) is 22.7. The normalized spacial score (nSPS) is 10.7. The minimum Gasteiger partial charge on any atom is -0.493 e. The molecular weight excluding hydrogens is 266 g/mol. The van der Waals surface area contributed by atoms with Gasteiger partial charge in [-0.1, -0.05) is 13.8 Å². The van der Waals surface area contributed by atoms with Gasteiger partial charge < -0.3 is 9.30 Å². The molecule has 0 atom stereocenters. The van der Waals surface area contributed by atoms with Crippen molar-refractivity contribution in [2.24, 2.45) is 13.0 Å². The van der Waals surface area contributed by atoms with Crippen LogP contribution in [0.25, 0.3) is 11.3 Å². The maximum absolute atomic E-state index is 11.9. The number of benzene rings is 1. The number of nitrogens with zero attached hydrogens (tertiary/aromatic N) is 1. The first-order valence-electron chi connectivity index (χ1n) is 6.91. The summed E-state index contributed by atoms with van der Waals surface area (Å²) >= 11 is 0. The topological polar surface area (TPSA) is 48.3 Å². The number of pyridine rings is 1. The maximum Gasteiger partial charge on any atom is 0.261 e. The number of ether oxygens (including phenoxy) is 1. The molecule has 4 nitrogen and oxygen atoms in total. The number of aldehydes is 1. The number of rotatable bonds is 5. The van der Waals surface area contributed by atoms with Gasteiger partial charge in [-0.2, -0.15) is 0 Å². The van der Waals surface area contributed by atoms with E-state index in [1.54, 1.807) is 19.2 Å². The van der Waals surface area contributed by atoms with Crippen molar-refractivity contribution in [1.29, 1.82) is 0 Å². The average Bonchev–Trinajstić information content (AvgIpc) is 2.48. The molecule has 0 radical (unpaired) electrons. The number of hydrogen-bond donors (Lipinski definition) is 0. The summed E-state index contributed by atoms with van der Waals surface area (Å²) in [6, 6.07) is 10.9. The van der Waals surface area contributed by atoms with E-state index in [2.05, 4.69) is 13.8 Å². The Hall–Kier alpha value is -2.36. The fourth-order valence-corrected chi connectivity index (χ4v) is 2.02. The number of hydrogen-bond acceptors (Lipinski definition) is 3. The summed E-state index contributed by atoms with van der Waals surface area (Å²) in [5, 5.41) is 0. The summed E-state index contributed by atoms with van der Waals surface area (Å²) in [5.74, 6) is 1.28. The third kappa shape index (κ3) is 3.40. The predicted octanol–water partition coefficient (Wildman–Crippen LogP) is 2.90. The van der Waals surface area contributed by atoms with E-state index in [1.165, 1.54) is 4.57 Å². The third-order valence-corrected chi connectivity index (χ3v) is 3.19. The number of carbonyl (C=O) groups excluding carboxylic acids is 1. The molecule has 0 saturated carbocycles. The molecule has 2 aromatic rings. The first-order valence-corrected chi connectivity index (χ1v) is 6.91. The van der Waals surface area contributed by atoms with Gasteiger partial charge in [-0.25, -0.2) is 0 Å². The second-order valence-corrected chi connectivity index (χ2v) is 5.39. The first kappa shape index (κ1) is 15.0. The van der Waals surface area contributed by atoms with Crippen LogP contribution >= 0.6 is 0 Å². The molecule has 0 bridgehead atoms. The van der Waals surface area contributed by atoms with Gasteiger partial charge >= 0.3 is 0 Å². The summed E-state index contributed by atoms with van der Waals surface area (Å²) in [6.07, 6.45) is 0.578. The van der Waals surface area contributed by atoms with E-state index in [-0.39, 0.29) is 11.1 Å². The molecule has 21 heavy (non-hydrogen) atoms. The van der Waals surface area contributed by atoms with Crippen LogP contribution in [0.4, 0.5) is 0 Å². The van der Waals surface area contributed by atoms with Crippen molar-refractivity contribution in [2.45, 2.75) is 13.8 Å². The Labute approximate surface area is 124 Å². The summed E-state index contributed by atoms with van der Waals surface area (Å²) in [5.41, 5.74) is 1.55. The molecule has 2 rings (SSSR count). The van der Waals surface area contributed by atoms with Gasteiger partial charge in [-0.15, -0.1) is 0 Å². The van der Waals surface area contributed by atoms with Crippen LogP contribution in [0.3, 0.4) is 0 Å². The second kappa shape index (κ2) is 6.39. The van der Waals surface area contributed by atoms with Crippen LogP contribution in [0.2, 0.25) is 0 Å².